The molecule has 1 aromatic carbocycles. The Balaban J connectivity index is 1.67. The van der Waals surface area contributed by atoms with Crippen molar-refractivity contribution in [2.45, 2.75) is 36.1 Å². The summed E-state index contributed by atoms with van der Waals surface area (Å²) in [6.07, 6.45) is 7.33. The first-order valence-electron chi connectivity index (χ1n) is 8.71. The summed E-state index contributed by atoms with van der Waals surface area (Å²) < 4.78 is 12.4. The van der Waals surface area contributed by atoms with Crippen molar-refractivity contribution < 1.29 is 9.32 Å². The van der Waals surface area contributed by atoms with Gasteiger partial charge in [-0.15, -0.1) is 0 Å². The van der Waals surface area contributed by atoms with E-state index in [1.807, 2.05) is 36.4 Å². The van der Waals surface area contributed by atoms with Crippen LogP contribution in [-0.2, 0) is 17.2 Å². The van der Waals surface area contributed by atoms with Gasteiger partial charge in [0.2, 0.25) is 0 Å². The fourth-order valence-corrected chi connectivity index (χ4v) is 4.73. The molecule has 1 aliphatic heterocycles. The fourth-order valence-electron chi connectivity index (χ4n) is 3.30. The normalized spacial score (nSPS) is 20.8. The first kappa shape index (κ1) is 17.6. The number of rotatable bonds is 5. The van der Waals surface area contributed by atoms with Gasteiger partial charge in [0, 0.05) is 17.2 Å². The standard InChI is InChI=1S/C19H20ClN3O2S/c20-14-5-2-13(3-6-14)4-7-16-21-15-8-11-26(25)17(15)18(22-16)23-19(12-24)9-1-10-19/h2-7,24H,1,8-12H2,(H,21,22,23)/b7-4+/t26-/m0/s1. The van der Waals surface area contributed by atoms with Crippen molar-refractivity contribution in [3.8, 4) is 0 Å². The molecule has 0 bridgehead atoms. The van der Waals surface area contributed by atoms with E-state index in [-0.39, 0.29) is 12.1 Å². The van der Waals surface area contributed by atoms with Gasteiger partial charge in [0.05, 0.1) is 28.6 Å². The van der Waals surface area contributed by atoms with Crippen molar-refractivity contribution in [3.63, 3.8) is 0 Å². The van der Waals surface area contributed by atoms with E-state index in [2.05, 4.69) is 15.3 Å². The monoisotopic (exact) mass is 389 g/mol. The van der Waals surface area contributed by atoms with Crippen LogP contribution in [0.4, 0.5) is 5.82 Å². The van der Waals surface area contributed by atoms with Gasteiger partial charge in [-0.05, 0) is 43.0 Å². The maximum absolute atomic E-state index is 12.4. The molecule has 0 spiro atoms. The molecule has 7 heteroatoms. The van der Waals surface area contributed by atoms with Crippen LogP contribution in [0.2, 0.25) is 5.02 Å². The number of anilines is 1. The molecule has 1 aromatic heterocycles. The molecule has 2 aliphatic rings. The summed E-state index contributed by atoms with van der Waals surface area (Å²) >= 11 is 5.92. The summed E-state index contributed by atoms with van der Waals surface area (Å²) in [6.45, 7) is 0.0500. The molecule has 1 fully saturated rings. The van der Waals surface area contributed by atoms with E-state index in [0.717, 1.165) is 30.5 Å². The number of nitrogens with zero attached hydrogens (tertiary/aromatic N) is 2. The molecule has 0 radical (unpaired) electrons. The Labute approximate surface area is 160 Å². The minimum absolute atomic E-state index is 0.0500. The van der Waals surface area contributed by atoms with Crippen molar-refractivity contribution in [1.29, 1.82) is 0 Å². The topological polar surface area (TPSA) is 75.1 Å². The van der Waals surface area contributed by atoms with Gasteiger partial charge < -0.3 is 10.4 Å². The van der Waals surface area contributed by atoms with Gasteiger partial charge in [-0.2, -0.15) is 0 Å². The van der Waals surface area contributed by atoms with E-state index in [0.29, 0.717) is 33.7 Å². The van der Waals surface area contributed by atoms with Crippen molar-refractivity contribution in [2.75, 3.05) is 17.7 Å². The number of benzene rings is 1. The molecule has 26 heavy (non-hydrogen) atoms. The largest absolute Gasteiger partial charge is 0.394 e. The SMILES string of the molecule is O=[S@]1CCc2nc(/C=C/c3ccc(Cl)cc3)nc(NC3(CO)CCC3)c21. The van der Waals surface area contributed by atoms with Crippen LogP contribution in [0.5, 0.6) is 0 Å². The molecule has 4 rings (SSSR count). The van der Waals surface area contributed by atoms with Crippen molar-refractivity contribution >= 4 is 40.4 Å². The first-order valence-corrected chi connectivity index (χ1v) is 10.4. The second kappa shape index (κ2) is 7.10. The first-order chi connectivity index (χ1) is 12.6. The van der Waals surface area contributed by atoms with E-state index >= 15 is 0 Å². The number of nitrogens with one attached hydrogen (secondary N) is 1. The number of aryl methyl sites for hydroxylation is 1. The van der Waals surface area contributed by atoms with Gasteiger partial charge in [0.25, 0.3) is 0 Å². The highest BCUT2D eigenvalue weighted by molar-refractivity contribution is 7.85. The van der Waals surface area contributed by atoms with Crippen LogP contribution in [0.1, 0.15) is 36.3 Å². The summed E-state index contributed by atoms with van der Waals surface area (Å²) in [4.78, 5) is 9.88. The predicted molar refractivity (Wildman–Crippen MR) is 105 cm³/mol. The van der Waals surface area contributed by atoms with E-state index < -0.39 is 10.8 Å². The number of aliphatic hydroxyl groups excluding tert-OH is 1. The fraction of sp³-hybridized carbons (Fsp3) is 0.368. The lowest BCUT2D eigenvalue weighted by molar-refractivity contribution is 0.143. The quantitative estimate of drug-likeness (QED) is 0.820. The molecule has 1 saturated carbocycles. The van der Waals surface area contributed by atoms with Crippen LogP contribution < -0.4 is 5.32 Å². The zero-order valence-corrected chi connectivity index (χ0v) is 15.8. The number of hydrogen-bond acceptors (Lipinski definition) is 5. The average molecular weight is 390 g/mol. The molecule has 136 valence electrons. The van der Waals surface area contributed by atoms with Crippen molar-refractivity contribution in [3.05, 3.63) is 46.4 Å². The third-order valence-corrected chi connectivity index (χ3v) is 6.71. The highest BCUT2D eigenvalue weighted by atomic mass is 35.5. The van der Waals surface area contributed by atoms with Gasteiger partial charge in [0.15, 0.2) is 5.82 Å². The Morgan fingerprint density at radius 1 is 1.23 bits per heavy atom. The maximum Gasteiger partial charge on any atom is 0.154 e. The summed E-state index contributed by atoms with van der Waals surface area (Å²) in [7, 11) is -1.08. The Morgan fingerprint density at radius 2 is 2.00 bits per heavy atom. The lowest BCUT2D eigenvalue weighted by Gasteiger charge is -2.41. The predicted octanol–water partition coefficient (Wildman–Crippen LogP) is 3.29. The van der Waals surface area contributed by atoms with Crippen LogP contribution in [0.15, 0.2) is 29.2 Å². The van der Waals surface area contributed by atoms with Gasteiger partial charge in [-0.3, -0.25) is 4.21 Å². The van der Waals surface area contributed by atoms with Crippen molar-refractivity contribution in [2.24, 2.45) is 0 Å². The molecular formula is C19H20ClN3O2S. The van der Waals surface area contributed by atoms with Crippen LogP contribution in [0.25, 0.3) is 12.2 Å². The molecule has 2 aromatic rings. The van der Waals surface area contributed by atoms with Crippen LogP contribution in [-0.4, -0.2) is 37.2 Å². The molecule has 2 N–H and O–H groups in total. The molecule has 2 heterocycles. The number of hydrogen-bond donors (Lipinski definition) is 2. The highest BCUT2D eigenvalue weighted by Crippen LogP contribution is 2.37. The zero-order valence-electron chi connectivity index (χ0n) is 14.2. The number of aromatic nitrogens is 2. The average Bonchev–Trinajstić information content (AvgIpc) is 2.99. The Hall–Kier alpha value is -1.76. The summed E-state index contributed by atoms with van der Waals surface area (Å²) in [6, 6.07) is 7.52. The maximum atomic E-state index is 12.4. The van der Waals surface area contributed by atoms with E-state index in [1.54, 1.807) is 0 Å². The Bertz CT molecular complexity index is 874. The zero-order chi connectivity index (χ0) is 18.1. The smallest absolute Gasteiger partial charge is 0.154 e. The van der Waals surface area contributed by atoms with Crippen LogP contribution >= 0.6 is 11.6 Å². The number of fused-ring (bicyclic) bond motifs is 1. The molecule has 5 nitrogen and oxygen atoms in total. The number of aliphatic hydroxyl groups is 1. The lowest BCUT2D eigenvalue weighted by Crippen LogP contribution is -2.48. The van der Waals surface area contributed by atoms with Gasteiger partial charge in [-0.1, -0.05) is 29.8 Å². The molecule has 0 amide bonds. The van der Waals surface area contributed by atoms with E-state index in [4.69, 9.17) is 11.6 Å². The van der Waals surface area contributed by atoms with E-state index in [1.165, 1.54) is 0 Å². The van der Waals surface area contributed by atoms with Gasteiger partial charge in [0.1, 0.15) is 10.7 Å². The third kappa shape index (κ3) is 3.41. The second-order valence-electron chi connectivity index (χ2n) is 6.81. The third-order valence-electron chi connectivity index (χ3n) is 5.00. The van der Waals surface area contributed by atoms with Crippen LogP contribution in [0.3, 0.4) is 0 Å². The molecule has 0 saturated heterocycles. The van der Waals surface area contributed by atoms with Gasteiger partial charge in [-0.25, -0.2) is 9.97 Å². The Kier molecular flexibility index (Phi) is 4.82. The van der Waals surface area contributed by atoms with Crippen molar-refractivity contribution in [1.82, 2.24) is 9.97 Å². The highest BCUT2D eigenvalue weighted by Gasteiger charge is 2.38. The molecular weight excluding hydrogens is 370 g/mol. The summed E-state index contributed by atoms with van der Waals surface area (Å²) in [5, 5.41) is 13.8. The number of halogens is 1. The molecule has 0 unspecified atom stereocenters. The molecule has 1 atom stereocenters. The minimum atomic E-state index is -1.08. The van der Waals surface area contributed by atoms with Crippen LogP contribution in [0, 0.1) is 0 Å². The summed E-state index contributed by atoms with van der Waals surface area (Å²) in [5.41, 5.74) is 1.50. The van der Waals surface area contributed by atoms with E-state index in [9.17, 15) is 9.32 Å². The Morgan fingerprint density at radius 3 is 2.65 bits per heavy atom. The van der Waals surface area contributed by atoms with Gasteiger partial charge >= 0.3 is 0 Å². The molecule has 1 aliphatic carbocycles. The second-order valence-corrected chi connectivity index (χ2v) is 8.75. The lowest BCUT2D eigenvalue weighted by atomic mass is 9.77. The minimum Gasteiger partial charge on any atom is -0.394 e. The summed E-state index contributed by atoms with van der Waals surface area (Å²) in [5.74, 6) is 1.76.